The number of aromatic amines is 1. The van der Waals surface area contributed by atoms with Crippen LogP contribution in [0, 0.1) is 6.92 Å². The zero-order chi connectivity index (χ0) is 21.0. The fourth-order valence-electron chi connectivity index (χ4n) is 3.85. The van der Waals surface area contributed by atoms with Crippen LogP contribution in [0.3, 0.4) is 0 Å². The molecule has 0 atom stereocenters. The Labute approximate surface area is 181 Å². The number of hydrogen-bond donors (Lipinski definition) is 1. The maximum atomic E-state index is 13.1. The summed E-state index contributed by atoms with van der Waals surface area (Å²) in [6, 6.07) is 8.79. The number of aryl methyl sites for hydroxylation is 1. The van der Waals surface area contributed by atoms with E-state index in [1.165, 1.54) is 4.57 Å². The number of benzene rings is 1. The molecule has 0 saturated carbocycles. The maximum Gasteiger partial charge on any atom is 0.275 e. The van der Waals surface area contributed by atoms with E-state index in [1.807, 2.05) is 13.0 Å². The third-order valence-electron chi connectivity index (χ3n) is 5.36. The highest BCUT2D eigenvalue weighted by atomic mass is 35.5. The quantitative estimate of drug-likeness (QED) is 0.525. The Hall–Kier alpha value is -3.03. The van der Waals surface area contributed by atoms with Gasteiger partial charge in [-0.05, 0) is 37.3 Å². The van der Waals surface area contributed by atoms with E-state index >= 15 is 0 Å². The van der Waals surface area contributed by atoms with E-state index in [9.17, 15) is 9.59 Å². The molecule has 9 heteroatoms. The number of carbonyl (C=O) groups is 1. The molecule has 0 aliphatic carbocycles. The average Bonchev–Trinajstić information content (AvgIpc) is 3.28. The van der Waals surface area contributed by atoms with Gasteiger partial charge in [0.2, 0.25) is 0 Å². The van der Waals surface area contributed by atoms with Gasteiger partial charge in [-0.25, -0.2) is 4.98 Å². The Bertz CT molecular complexity index is 1370. The monoisotopic (exact) mass is 441 g/mol. The standard InChI is InChI=1S/C21H17Cl2N5O2/c1-12-9-27(11-24-12)17-4-5-18-20(29)26(6-7-28(18)21(17)30)10-16-19(23)14-8-13(22)2-3-15(14)25-16/h2-5,8-9,11,25H,6-7,10H2,1H3. The third kappa shape index (κ3) is 3.02. The van der Waals surface area contributed by atoms with E-state index in [0.29, 0.717) is 41.1 Å². The number of hydrogen-bond acceptors (Lipinski definition) is 3. The van der Waals surface area contributed by atoms with Gasteiger partial charge in [-0.15, -0.1) is 0 Å². The van der Waals surface area contributed by atoms with Crippen LogP contribution < -0.4 is 5.56 Å². The lowest BCUT2D eigenvalue weighted by atomic mass is 10.2. The van der Waals surface area contributed by atoms with Crippen molar-refractivity contribution in [2.75, 3.05) is 6.54 Å². The molecular formula is C21H17Cl2N5O2. The number of imidazole rings is 1. The molecule has 152 valence electrons. The molecule has 0 unspecified atom stereocenters. The number of halogens is 2. The second-order valence-electron chi connectivity index (χ2n) is 7.32. The van der Waals surface area contributed by atoms with E-state index in [2.05, 4.69) is 9.97 Å². The minimum Gasteiger partial charge on any atom is -0.356 e. The molecule has 1 aliphatic rings. The van der Waals surface area contributed by atoms with E-state index in [4.69, 9.17) is 23.2 Å². The molecule has 4 aromatic rings. The molecule has 1 N–H and O–H groups in total. The zero-order valence-electron chi connectivity index (χ0n) is 16.0. The number of H-pyrrole nitrogens is 1. The first-order chi connectivity index (χ1) is 14.4. The van der Waals surface area contributed by atoms with Crippen molar-refractivity contribution in [3.05, 3.63) is 80.3 Å². The summed E-state index contributed by atoms with van der Waals surface area (Å²) in [7, 11) is 0. The summed E-state index contributed by atoms with van der Waals surface area (Å²) in [5.41, 5.74) is 3.04. The van der Waals surface area contributed by atoms with Crippen LogP contribution in [-0.2, 0) is 13.1 Å². The number of fused-ring (bicyclic) bond motifs is 2. The highest BCUT2D eigenvalue weighted by molar-refractivity contribution is 6.37. The van der Waals surface area contributed by atoms with Gasteiger partial charge in [-0.3, -0.25) is 9.59 Å². The lowest BCUT2D eigenvalue weighted by Crippen LogP contribution is -2.44. The molecule has 30 heavy (non-hydrogen) atoms. The van der Waals surface area contributed by atoms with Crippen LogP contribution in [0.15, 0.2) is 47.7 Å². The van der Waals surface area contributed by atoms with Crippen LogP contribution in [-0.4, -0.2) is 36.5 Å². The van der Waals surface area contributed by atoms with Crippen molar-refractivity contribution in [3.63, 3.8) is 0 Å². The maximum absolute atomic E-state index is 13.1. The van der Waals surface area contributed by atoms with Crippen LogP contribution in [0.25, 0.3) is 16.6 Å². The summed E-state index contributed by atoms with van der Waals surface area (Å²) >= 11 is 12.6. The van der Waals surface area contributed by atoms with Crippen molar-refractivity contribution in [1.82, 2.24) is 24.0 Å². The first-order valence-electron chi connectivity index (χ1n) is 9.42. The van der Waals surface area contributed by atoms with Gasteiger partial charge in [0.15, 0.2) is 0 Å². The number of pyridine rings is 1. The molecule has 0 fully saturated rings. The van der Waals surface area contributed by atoms with Crippen LogP contribution in [0.1, 0.15) is 21.9 Å². The second-order valence-corrected chi connectivity index (χ2v) is 8.13. The summed E-state index contributed by atoms with van der Waals surface area (Å²) in [5, 5.41) is 1.97. The summed E-state index contributed by atoms with van der Waals surface area (Å²) in [5.74, 6) is -0.209. The number of nitrogens with one attached hydrogen (secondary N) is 1. The number of rotatable bonds is 3. The summed E-state index contributed by atoms with van der Waals surface area (Å²) < 4.78 is 3.20. The SMILES string of the molecule is Cc1cn(-c2ccc3n(c2=O)CCN(Cc2[nH]c4ccc(Cl)cc4c2Cl)C3=O)cn1. The fraction of sp³-hybridized carbons (Fsp3) is 0.190. The van der Waals surface area contributed by atoms with Crippen LogP contribution in [0.4, 0.5) is 0 Å². The van der Waals surface area contributed by atoms with Crippen molar-refractivity contribution in [3.8, 4) is 5.69 Å². The van der Waals surface area contributed by atoms with Gasteiger partial charge in [-0.1, -0.05) is 23.2 Å². The molecule has 4 heterocycles. The van der Waals surface area contributed by atoms with Crippen molar-refractivity contribution in [2.24, 2.45) is 0 Å². The number of nitrogens with zero attached hydrogens (tertiary/aromatic N) is 4. The second kappa shape index (κ2) is 7.04. The Morgan fingerprint density at radius 2 is 1.97 bits per heavy atom. The molecule has 5 rings (SSSR count). The Morgan fingerprint density at radius 1 is 1.13 bits per heavy atom. The third-order valence-corrected chi connectivity index (χ3v) is 6.03. The molecule has 1 aliphatic heterocycles. The predicted molar refractivity (Wildman–Crippen MR) is 116 cm³/mol. The lowest BCUT2D eigenvalue weighted by Gasteiger charge is -2.29. The van der Waals surface area contributed by atoms with Gasteiger partial charge in [0.25, 0.3) is 11.5 Å². The Kier molecular flexibility index (Phi) is 4.45. The summed E-state index contributed by atoms with van der Waals surface area (Å²) in [4.78, 5) is 35.1. The van der Waals surface area contributed by atoms with Gasteiger partial charge in [-0.2, -0.15) is 0 Å². The lowest BCUT2D eigenvalue weighted by molar-refractivity contribution is 0.0685. The summed E-state index contributed by atoms with van der Waals surface area (Å²) in [6.45, 7) is 2.99. The molecule has 0 saturated heterocycles. The Balaban J connectivity index is 1.47. The first-order valence-corrected chi connectivity index (χ1v) is 10.2. The molecule has 0 spiro atoms. The van der Waals surface area contributed by atoms with Crippen molar-refractivity contribution >= 4 is 40.0 Å². The van der Waals surface area contributed by atoms with E-state index in [1.54, 1.807) is 46.3 Å². The molecular weight excluding hydrogens is 425 g/mol. The normalized spacial score (nSPS) is 13.8. The highest BCUT2D eigenvalue weighted by Gasteiger charge is 2.27. The van der Waals surface area contributed by atoms with E-state index < -0.39 is 0 Å². The molecule has 7 nitrogen and oxygen atoms in total. The number of aromatic nitrogens is 4. The average molecular weight is 442 g/mol. The fourth-order valence-corrected chi connectivity index (χ4v) is 4.28. The minimum atomic E-state index is -0.212. The van der Waals surface area contributed by atoms with Gasteiger partial charge >= 0.3 is 0 Å². The van der Waals surface area contributed by atoms with Gasteiger partial charge in [0.05, 0.1) is 29.3 Å². The van der Waals surface area contributed by atoms with Crippen molar-refractivity contribution < 1.29 is 4.79 Å². The topological polar surface area (TPSA) is 75.9 Å². The predicted octanol–water partition coefficient (Wildman–Crippen LogP) is 3.79. The number of amides is 1. The molecule has 0 bridgehead atoms. The molecule has 1 amide bonds. The van der Waals surface area contributed by atoms with Crippen LogP contribution in [0.2, 0.25) is 10.0 Å². The number of carbonyl (C=O) groups excluding carboxylic acids is 1. The molecule has 3 aromatic heterocycles. The van der Waals surface area contributed by atoms with Gasteiger partial charge in [0.1, 0.15) is 11.4 Å². The first kappa shape index (κ1) is 19.0. The van der Waals surface area contributed by atoms with Crippen LogP contribution in [0.5, 0.6) is 0 Å². The van der Waals surface area contributed by atoms with Gasteiger partial charge < -0.3 is 19.0 Å². The smallest absolute Gasteiger partial charge is 0.275 e. The van der Waals surface area contributed by atoms with Crippen LogP contribution >= 0.6 is 23.2 Å². The molecule has 1 aromatic carbocycles. The van der Waals surface area contributed by atoms with E-state index in [0.717, 1.165) is 22.3 Å². The minimum absolute atomic E-state index is 0.209. The van der Waals surface area contributed by atoms with E-state index in [-0.39, 0.29) is 11.5 Å². The van der Waals surface area contributed by atoms with Crippen molar-refractivity contribution in [2.45, 2.75) is 20.0 Å². The summed E-state index contributed by atoms with van der Waals surface area (Å²) in [6.07, 6.45) is 3.38. The van der Waals surface area contributed by atoms with Crippen molar-refractivity contribution in [1.29, 1.82) is 0 Å². The molecule has 0 radical (unpaired) electrons. The van der Waals surface area contributed by atoms with Gasteiger partial charge in [0, 0.05) is 35.2 Å². The largest absolute Gasteiger partial charge is 0.356 e. The Morgan fingerprint density at radius 3 is 2.73 bits per heavy atom. The zero-order valence-corrected chi connectivity index (χ0v) is 17.5. The highest BCUT2D eigenvalue weighted by Crippen LogP contribution is 2.31.